The second kappa shape index (κ2) is 10.8. The zero-order chi connectivity index (χ0) is 26.0. The van der Waals surface area contributed by atoms with E-state index in [9.17, 15) is 13.2 Å². The molecule has 0 saturated carbocycles. The lowest BCUT2D eigenvalue weighted by atomic mass is 10.0. The summed E-state index contributed by atoms with van der Waals surface area (Å²) in [5, 5.41) is 3.87. The molecule has 1 aromatic heterocycles. The number of piperazine rings is 1. The Morgan fingerprint density at radius 2 is 1.72 bits per heavy atom. The number of amides is 1. The van der Waals surface area contributed by atoms with Crippen LogP contribution in [0.15, 0.2) is 21.6 Å². The van der Waals surface area contributed by atoms with E-state index < -0.39 is 10.0 Å². The van der Waals surface area contributed by atoms with E-state index >= 15 is 0 Å². The van der Waals surface area contributed by atoms with Gasteiger partial charge in [-0.15, -0.1) is 0 Å². The Morgan fingerprint density at radius 3 is 2.31 bits per heavy atom. The fourth-order valence-corrected chi connectivity index (χ4v) is 6.59. The number of sulfonamides is 1. The normalized spacial score (nSPS) is 18.7. The van der Waals surface area contributed by atoms with Crippen molar-refractivity contribution >= 4 is 15.9 Å². The Labute approximate surface area is 213 Å². The van der Waals surface area contributed by atoms with E-state index in [0.29, 0.717) is 36.0 Å². The van der Waals surface area contributed by atoms with Gasteiger partial charge in [-0.05, 0) is 70.1 Å². The molecule has 0 aliphatic carbocycles. The summed E-state index contributed by atoms with van der Waals surface area (Å²) >= 11 is 0. The van der Waals surface area contributed by atoms with Crippen molar-refractivity contribution in [2.24, 2.45) is 0 Å². The number of hydrogen-bond donors (Lipinski definition) is 0. The average molecular weight is 521 g/mol. The van der Waals surface area contributed by atoms with E-state index in [4.69, 9.17) is 9.26 Å². The second-order valence-corrected chi connectivity index (χ2v) is 11.7. The third kappa shape index (κ3) is 5.56. The maximum atomic E-state index is 13.3. The number of hydrogen-bond acceptors (Lipinski definition) is 9. The molecule has 2 saturated heterocycles. The molecule has 2 fully saturated rings. The summed E-state index contributed by atoms with van der Waals surface area (Å²) in [7, 11) is 1.33. The van der Waals surface area contributed by atoms with Crippen LogP contribution in [0.4, 0.5) is 0 Å². The molecule has 0 atom stereocenters. The van der Waals surface area contributed by atoms with Crippen LogP contribution in [0.2, 0.25) is 0 Å². The number of nitrogens with zero attached hydrogens (tertiary/aromatic N) is 6. The zero-order valence-electron chi connectivity index (χ0n) is 21.7. The minimum absolute atomic E-state index is 0.111. The minimum Gasteiger partial charge on any atom is -0.497 e. The molecular formula is C24H36N6O5S. The van der Waals surface area contributed by atoms with Crippen LogP contribution in [0.5, 0.6) is 5.75 Å². The number of methoxy groups -OCH3 is 1. The maximum Gasteiger partial charge on any atom is 0.316 e. The Bertz CT molecular complexity index is 1160. The van der Waals surface area contributed by atoms with Crippen LogP contribution in [0.3, 0.4) is 0 Å². The summed E-state index contributed by atoms with van der Waals surface area (Å²) in [5.74, 6) is 0.308. The molecule has 0 bridgehead atoms. The van der Waals surface area contributed by atoms with Gasteiger partial charge in [0.05, 0.1) is 18.6 Å². The van der Waals surface area contributed by atoms with Crippen LogP contribution in [0, 0.1) is 13.8 Å². The summed E-state index contributed by atoms with van der Waals surface area (Å²) in [6.07, 6.45) is 2.31. The fourth-order valence-electron chi connectivity index (χ4n) is 5.07. The first-order chi connectivity index (χ1) is 17.1. The molecule has 0 spiro atoms. The van der Waals surface area contributed by atoms with Crippen molar-refractivity contribution in [1.29, 1.82) is 0 Å². The SMILES string of the molecule is COc1cc(C)c(S(=O)(=O)N(C)Cc2noc(C(=O)N3CCN(C4CCN(C)CC4)CC3)n2)c(C)c1. The van der Waals surface area contributed by atoms with Gasteiger partial charge in [0.1, 0.15) is 5.75 Å². The number of likely N-dealkylation sites (tertiary alicyclic amines) is 1. The van der Waals surface area contributed by atoms with Crippen molar-refractivity contribution in [3.63, 3.8) is 0 Å². The first kappa shape index (κ1) is 26.5. The maximum absolute atomic E-state index is 13.3. The largest absolute Gasteiger partial charge is 0.497 e. The number of benzene rings is 1. The van der Waals surface area contributed by atoms with Crippen molar-refractivity contribution in [1.82, 2.24) is 29.1 Å². The van der Waals surface area contributed by atoms with E-state index in [-0.39, 0.29) is 29.1 Å². The Morgan fingerprint density at radius 1 is 1.11 bits per heavy atom. The number of aryl methyl sites for hydroxylation is 2. The Balaban J connectivity index is 1.37. The van der Waals surface area contributed by atoms with Gasteiger partial charge in [0.25, 0.3) is 0 Å². The lowest BCUT2D eigenvalue weighted by Crippen LogP contribution is -2.54. The molecule has 2 aliphatic rings. The van der Waals surface area contributed by atoms with Gasteiger partial charge in [-0.25, -0.2) is 8.42 Å². The van der Waals surface area contributed by atoms with E-state index in [1.54, 1.807) is 38.0 Å². The third-order valence-corrected chi connectivity index (χ3v) is 9.27. The van der Waals surface area contributed by atoms with Crippen molar-refractivity contribution < 1.29 is 22.5 Å². The number of carbonyl (C=O) groups excluding carboxylic acids is 1. The molecule has 4 rings (SSSR count). The number of carbonyl (C=O) groups is 1. The summed E-state index contributed by atoms with van der Waals surface area (Å²) < 4.78 is 38.1. The van der Waals surface area contributed by atoms with Gasteiger partial charge in [0.2, 0.25) is 10.0 Å². The van der Waals surface area contributed by atoms with Crippen molar-refractivity contribution in [2.75, 3.05) is 60.5 Å². The van der Waals surface area contributed by atoms with Crippen LogP contribution >= 0.6 is 0 Å². The number of rotatable bonds is 7. The van der Waals surface area contributed by atoms with Crippen molar-refractivity contribution in [3.05, 3.63) is 35.0 Å². The molecule has 36 heavy (non-hydrogen) atoms. The van der Waals surface area contributed by atoms with Gasteiger partial charge in [0, 0.05) is 39.3 Å². The monoisotopic (exact) mass is 520 g/mol. The number of ether oxygens (including phenoxy) is 1. The predicted octanol–water partition coefficient (Wildman–Crippen LogP) is 1.37. The molecule has 11 nitrogen and oxygen atoms in total. The molecule has 1 amide bonds. The van der Waals surface area contributed by atoms with Crippen LogP contribution < -0.4 is 4.74 Å². The van der Waals surface area contributed by atoms with Gasteiger partial charge >= 0.3 is 11.8 Å². The lowest BCUT2D eigenvalue weighted by molar-refractivity contribution is 0.0440. The molecule has 2 aliphatic heterocycles. The Kier molecular flexibility index (Phi) is 7.98. The van der Waals surface area contributed by atoms with Crippen LogP contribution in [0.1, 0.15) is 40.5 Å². The predicted molar refractivity (Wildman–Crippen MR) is 133 cm³/mol. The van der Waals surface area contributed by atoms with E-state index in [2.05, 4.69) is 27.0 Å². The van der Waals surface area contributed by atoms with Gasteiger partial charge in [-0.3, -0.25) is 9.69 Å². The molecule has 3 heterocycles. The molecule has 0 N–H and O–H groups in total. The summed E-state index contributed by atoms with van der Waals surface area (Å²) in [5.41, 5.74) is 1.17. The van der Waals surface area contributed by atoms with Crippen LogP contribution in [0.25, 0.3) is 0 Å². The highest BCUT2D eigenvalue weighted by molar-refractivity contribution is 7.89. The molecule has 0 unspecified atom stereocenters. The summed E-state index contributed by atoms with van der Waals surface area (Å²) in [6, 6.07) is 3.94. The topological polar surface area (TPSA) is 112 Å². The first-order valence-electron chi connectivity index (χ1n) is 12.3. The standard InChI is InChI=1S/C24H36N6O5S/c1-17-14-20(34-5)15-18(2)22(17)36(32,33)28(4)16-21-25-23(35-26-21)24(31)30-12-10-29(11-13-30)19-6-8-27(3)9-7-19/h14-15,19H,6-13,16H2,1-5H3. The lowest BCUT2D eigenvalue weighted by Gasteiger charge is -2.41. The van der Waals surface area contributed by atoms with Gasteiger partial charge in [0.15, 0.2) is 5.82 Å². The molecular weight excluding hydrogens is 484 g/mol. The minimum atomic E-state index is -3.82. The highest BCUT2D eigenvalue weighted by atomic mass is 32.2. The summed E-state index contributed by atoms with van der Waals surface area (Å²) in [4.78, 5) is 23.9. The number of piperidine rings is 1. The molecule has 0 radical (unpaired) electrons. The van der Waals surface area contributed by atoms with Gasteiger partial charge < -0.3 is 19.1 Å². The third-order valence-electron chi connectivity index (χ3n) is 7.16. The van der Waals surface area contributed by atoms with E-state index in [0.717, 1.165) is 43.3 Å². The van der Waals surface area contributed by atoms with E-state index in [1.807, 2.05) is 0 Å². The second-order valence-electron chi connectivity index (χ2n) is 9.73. The summed E-state index contributed by atoms with van der Waals surface area (Å²) in [6.45, 7) is 8.41. The Hall–Kier alpha value is -2.54. The first-order valence-corrected chi connectivity index (χ1v) is 13.7. The quantitative estimate of drug-likeness (QED) is 0.534. The molecule has 198 valence electrons. The smallest absolute Gasteiger partial charge is 0.316 e. The van der Waals surface area contributed by atoms with Crippen molar-refractivity contribution in [3.8, 4) is 5.75 Å². The molecule has 2 aromatic rings. The fraction of sp³-hybridized carbons (Fsp3) is 0.625. The highest BCUT2D eigenvalue weighted by Crippen LogP contribution is 2.28. The molecule has 1 aromatic carbocycles. The van der Waals surface area contributed by atoms with E-state index in [1.165, 1.54) is 7.05 Å². The number of aromatic nitrogens is 2. The van der Waals surface area contributed by atoms with Gasteiger partial charge in [-0.2, -0.15) is 9.29 Å². The van der Waals surface area contributed by atoms with Crippen LogP contribution in [-0.2, 0) is 16.6 Å². The van der Waals surface area contributed by atoms with Crippen LogP contribution in [-0.4, -0.2) is 110 Å². The highest BCUT2D eigenvalue weighted by Gasteiger charge is 2.31. The zero-order valence-corrected chi connectivity index (χ0v) is 22.5. The molecule has 12 heteroatoms. The van der Waals surface area contributed by atoms with Gasteiger partial charge in [-0.1, -0.05) is 5.16 Å². The van der Waals surface area contributed by atoms with Crippen molar-refractivity contribution in [2.45, 2.75) is 44.2 Å². The average Bonchev–Trinajstić information content (AvgIpc) is 3.32.